The molecule has 0 radical (unpaired) electrons. The molecule has 1 heterocycles. The number of nitrogens with zero attached hydrogens (tertiary/aromatic N) is 4. The Hall–Kier alpha value is -1.95. The summed E-state index contributed by atoms with van der Waals surface area (Å²) in [6.45, 7) is 0.593. The van der Waals surface area contributed by atoms with Gasteiger partial charge in [0.2, 0.25) is 0 Å². The maximum absolute atomic E-state index is 5.83. The van der Waals surface area contributed by atoms with Crippen molar-refractivity contribution in [2.75, 3.05) is 13.7 Å². The molecule has 102 valence electrons. The Bertz CT molecular complexity index is 525. The smallest absolute Gasteiger partial charge is 0.175 e. The number of rotatable bonds is 6. The van der Waals surface area contributed by atoms with Gasteiger partial charge in [-0.3, -0.25) is 0 Å². The number of ether oxygens (including phenoxy) is 1. The number of hydrogen-bond donors (Lipinski definition) is 1. The SMILES string of the molecule is COc1cccc(CC(CN)Cc2nnn(C)n2)c1. The third-order valence-electron chi connectivity index (χ3n) is 3.01. The highest BCUT2D eigenvalue weighted by Gasteiger charge is 2.12. The van der Waals surface area contributed by atoms with Gasteiger partial charge in [-0.25, -0.2) is 0 Å². The van der Waals surface area contributed by atoms with Gasteiger partial charge in [-0.1, -0.05) is 12.1 Å². The first-order valence-corrected chi connectivity index (χ1v) is 6.27. The van der Waals surface area contributed by atoms with Gasteiger partial charge in [0.15, 0.2) is 5.82 Å². The molecule has 0 aliphatic heterocycles. The van der Waals surface area contributed by atoms with Crippen LogP contribution in [0.2, 0.25) is 0 Å². The highest BCUT2D eigenvalue weighted by Crippen LogP contribution is 2.17. The molecule has 1 aromatic heterocycles. The zero-order valence-corrected chi connectivity index (χ0v) is 11.3. The highest BCUT2D eigenvalue weighted by molar-refractivity contribution is 5.28. The number of benzene rings is 1. The van der Waals surface area contributed by atoms with E-state index in [1.54, 1.807) is 14.2 Å². The van der Waals surface area contributed by atoms with Gasteiger partial charge < -0.3 is 10.5 Å². The standard InChI is InChI=1S/C13H19N5O/c1-18-16-13(15-17-18)8-11(9-14)6-10-4-3-5-12(7-10)19-2/h3-5,7,11H,6,8-9,14H2,1-2H3. The molecule has 1 unspecified atom stereocenters. The number of aryl methyl sites for hydroxylation is 1. The third-order valence-corrected chi connectivity index (χ3v) is 3.01. The van der Waals surface area contributed by atoms with Crippen molar-refractivity contribution < 1.29 is 4.74 Å². The Kier molecular flexibility index (Phi) is 4.46. The fourth-order valence-corrected chi connectivity index (χ4v) is 2.03. The summed E-state index contributed by atoms with van der Waals surface area (Å²) in [5.74, 6) is 1.91. The van der Waals surface area contributed by atoms with Crippen molar-refractivity contribution in [3.63, 3.8) is 0 Å². The van der Waals surface area contributed by atoms with Crippen LogP contribution in [0.3, 0.4) is 0 Å². The zero-order valence-electron chi connectivity index (χ0n) is 11.3. The predicted octanol–water partition coefficient (Wildman–Crippen LogP) is 0.579. The first-order chi connectivity index (χ1) is 9.21. The molecule has 0 bridgehead atoms. The van der Waals surface area contributed by atoms with E-state index >= 15 is 0 Å². The van der Waals surface area contributed by atoms with Crippen molar-refractivity contribution in [3.8, 4) is 5.75 Å². The van der Waals surface area contributed by atoms with E-state index in [1.165, 1.54) is 10.4 Å². The van der Waals surface area contributed by atoms with Crippen molar-refractivity contribution >= 4 is 0 Å². The van der Waals surface area contributed by atoms with Crippen molar-refractivity contribution in [1.29, 1.82) is 0 Å². The van der Waals surface area contributed by atoms with Gasteiger partial charge in [0.05, 0.1) is 14.2 Å². The largest absolute Gasteiger partial charge is 0.497 e. The first kappa shape index (κ1) is 13.5. The number of nitrogens with two attached hydrogens (primary N) is 1. The van der Waals surface area contributed by atoms with E-state index in [0.717, 1.165) is 24.4 Å². The minimum absolute atomic E-state index is 0.302. The van der Waals surface area contributed by atoms with Crippen LogP contribution in [0.5, 0.6) is 5.75 Å². The van der Waals surface area contributed by atoms with E-state index in [1.807, 2.05) is 18.2 Å². The molecule has 0 amide bonds. The highest BCUT2D eigenvalue weighted by atomic mass is 16.5. The zero-order chi connectivity index (χ0) is 13.7. The maximum Gasteiger partial charge on any atom is 0.175 e. The van der Waals surface area contributed by atoms with Crippen LogP contribution in [0.15, 0.2) is 24.3 Å². The molecule has 0 saturated carbocycles. The molecule has 1 atom stereocenters. The quantitative estimate of drug-likeness (QED) is 0.823. The Balaban J connectivity index is 2.01. The fourth-order valence-electron chi connectivity index (χ4n) is 2.03. The van der Waals surface area contributed by atoms with E-state index in [4.69, 9.17) is 10.5 Å². The number of aromatic nitrogens is 4. The molecule has 2 rings (SSSR count). The molecule has 0 fully saturated rings. The molecule has 2 N–H and O–H groups in total. The number of hydrogen-bond acceptors (Lipinski definition) is 5. The molecule has 19 heavy (non-hydrogen) atoms. The van der Waals surface area contributed by atoms with Crippen molar-refractivity contribution in [3.05, 3.63) is 35.7 Å². The summed E-state index contributed by atoms with van der Waals surface area (Å²) >= 11 is 0. The van der Waals surface area contributed by atoms with Crippen LogP contribution in [0.25, 0.3) is 0 Å². The van der Waals surface area contributed by atoms with Gasteiger partial charge >= 0.3 is 0 Å². The summed E-state index contributed by atoms with van der Waals surface area (Å²) in [6, 6.07) is 8.04. The summed E-state index contributed by atoms with van der Waals surface area (Å²) in [6.07, 6.45) is 1.62. The minimum Gasteiger partial charge on any atom is -0.497 e. The topological polar surface area (TPSA) is 78.9 Å². The lowest BCUT2D eigenvalue weighted by Crippen LogP contribution is -2.20. The van der Waals surface area contributed by atoms with Crippen molar-refractivity contribution in [1.82, 2.24) is 20.2 Å². The molecule has 0 aliphatic carbocycles. The molecule has 6 nitrogen and oxygen atoms in total. The van der Waals surface area contributed by atoms with Crippen LogP contribution in [0, 0.1) is 5.92 Å². The van der Waals surface area contributed by atoms with Crippen LogP contribution >= 0.6 is 0 Å². The summed E-state index contributed by atoms with van der Waals surface area (Å²) in [4.78, 5) is 1.47. The van der Waals surface area contributed by atoms with Crippen molar-refractivity contribution in [2.24, 2.45) is 18.7 Å². The normalized spacial score (nSPS) is 12.4. The van der Waals surface area contributed by atoms with Gasteiger partial charge in [-0.05, 0) is 41.8 Å². The monoisotopic (exact) mass is 261 g/mol. The maximum atomic E-state index is 5.83. The molecular weight excluding hydrogens is 242 g/mol. The fraction of sp³-hybridized carbons (Fsp3) is 0.462. The van der Waals surface area contributed by atoms with E-state index in [9.17, 15) is 0 Å². The lowest BCUT2D eigenvalue weighted by molar-refractivity contribution is 0.413. The van der Waals surface area contributed by atoms with E-state index < -0.39 is 0 Å². The lowest BCUT2D eigenvalue weighted by atomic mass is 9.96. The summed E-state index contributed by atoms with van der Waals surface area (Å²) < 4.78 is 5.22. The van der Waals surface area contributed by atoms with Crippen LogP contribution < -0.4 is 10.5 Å². The molecule has 6 heteroatoms. The van der Waals surface area contributed by atoms with Gasteiger partial charge in [-0.15, -0.1) is 10.2 Å². The second kappa shape index (κ2) is 6.29. The van der Waals surface area contributed by atoms with Crippen LogP contribution in [-0.4, -0.2) is 33.9 Å². The Morgan fingerprint density at radius 1 is 1.37 bits per heavy atom. The van der Waals surface area contributed by atoms with Gasteiger partial charge in [0.25, 0.3) is 0 Å². The van der Waals surface area contributed by atoms with Crippen LogP contribution in [0.4, 0.5) is 0 Å². The van der Waals surface area contributed by atoms with E-state index in [2.05, 4.69) is 21.5 Å². The summed E-state index contributed by atoms with van der Waals surface area (Å²) in [7, 11) is 3.43. The van der Waals surface area contributed by atoms with Crippen LogP contribution in [0.1, 0.15) is 11.4 Å². The first-order valence-electron chi connectivity index (χ1n) is 6.27. The average Bonchev–Trinajstić information content (AvgIpc) is 2.83. The molecule has 0 saturated heterocycles. The third kappa shape index (κ3) is 3.75. The average molecular weight is 261 g/mol. The van der Waals surface area contributed by atoms with E-state index in [0.29, 0.717) is 12.5 Å². The molecule has 2 aromatic rings. The number of methoxy groups -OCH3 is 1. The molecule has 0 spiro atoms. The minimum atomic E-state index is 0.302. The Morgan fingerprint density at radius 3 is 2.84 bits per heavy atom. The van der Waals surface area contributed by atoms with Gasteiger partial charge in [-0.2, -0.15) is 4.80 Å². The summed E-state index contributed by atoms with van der Waals surface area (Å²) in [5, 5.41) is 12.0. The van der Waals surface area contributed by atoms with Crippen molar-refractivity contribution in [2.45, 2.75) is 12.8 Å². The van der Waals surface area contributed by atoms with E-state index in [-0.39, 0.29) is 0 Å². The molecular formula is C13H19N5O. The molecule has 1 aromatic carbocycles. The molecule has 0 aliphatic rings. The summed E-state index contributed by atoms with van der Waals surface area (Å²) in [5.41, 5.74) is 7.04. The second-order valence-electron chi connectivity index (χ2n) is 4.56. The predicted molar refractivity (Wildman–Crippen MR) is 71.7 cm³/mol. The van der Waals surface area contributed by atoms with Gasteiger partial charge in [0, 0.05) is 6.42 Å². The number of tetrazole rings is 1. The Labute approximate surface area is 112 Å². The van der Waals surface area contributed by atoms with Gasteiger partial charge in [0.1, 0.15) is 5.75 Å². The lowest BCUT2D eigenvalue weighted by Gasteiger charge is -2.13. The van der Waals surface area contributed by atoms with Crippen LogP contribution in [-0.2, 0) is 19.9 Å². The second-order valence-corrected chi connectivity index (χ2v) is 4.56. The Morgan fingerprint density at radius 2 is 2.21 bits per heavy atom.